The van der Waals surface area contributed by atoms with Crippen LogP contribution in [-0.2, 0) is 0 Å². The van der Waals surface area contributed by atoms with E-state index in [1.54, 1.807) is 0 Å². The highest BCUT2D eigenvalue weighted by Gasteiger charge is 2.12. The van der Waals surface area contributed by atoms with Crippen LogP contribution in [0, 0.1) is 27.7 Å². The van der Waals surface area contributed by atoms with Gasteiger partial charge in [0.25, 0.3) is 0 Å². The Bertz CT molecular complexity index is 344. The first kappa shape index (κ1) is 13.0. The number of aryl methyl sites for hydroxylation is 2. The molecule has 1 aromatic rings. The number of aliphatic hydroxyl groups is 2. The molecule has 0 spiro atoms. The van der Waals surface area contributed by atoms with Crippen molar-refractivity contribution in [3.63, 3.8) is 0 Å². The Morgan fingerprint density at radius 3 is 1.81 bits per heavy atom. The highest BCUT2D eigenvalue weighted by molar-refractivity contribution is 5.62. The average molecular weight is 223 g/mol. The predicted molar refractivity (Wildman–Crippen MR) is 67.0 cm³/mol. The van der Waals surface area contributed by atoms with Gasteiger partial charge in [0, 0.05) is 5.69 Å². The molecule has 0 unspecified atom stereocenters. The molecule has 0 aromatic heterocycles. The monoisotopic (exact) mass is 223 g/mol. The lowest BCUT2D eigenvalue weighted by Crippen LogP contribution is -2.28. The zero-order valence-corrected chi connectivity index (χ0v) is 10.5. The maximum Gasteiger partial charge on any atom is 0.0723 e. The minimum atomic E-state index is -0.293. The number of benzene rings is 1. The average Bonchev–Trinajstić information content (AvgIpc) is 2.27. The van der Waals surface area contributed by atoms with Crippen molar-refractivity contribution < 1.29 is 10.2 Å². The first-order valence-electron chi connectivity index (χ1n) is 5.56. The highest BCUT2D eigenvalue weighted by Crippen LogP contribution is 2.26. The van der Waals surface area contributed by atoms with E-state index in [2.05, 4.69) is 39.1 Å². The van der Waals surface area contributed by atoms with Crippen molar-refractivity contribution in [3.8, 4) is 0 Å². The van der Waals surface area contributed by atoms with Crippen molar-refractivity contribution in [1.29, 1.82) is 0 Å². The smallest absolute Gasteiger partial charge is 0.0723 e. The predicted octanol–water partition coefficient (Wildman–Crippen LogP) is 1.69. The van der Waals surface area contributed by atoms with Crippen molar-refractivity contribution >= 4 is 5.69 Å². The second kappa shape index (κ2) is 5.32. The minimum absolute atomic E-state index is 0.0671. The molecule has 3 heteroatoms. The standard InChI is InChI=1S/C13H21NO2/c1-8-5-9(2)11(4)13(10(8)3)14-12(6-15)7-16/h5,12,14-16H,6-7H2,1-4H3. The molecule has 0 atom stereocenters. The Hall–Kier alpha value is -1.06. The Morgan fingerprint density at radius 1 is 1.00 bits per heavy atom. The first-order valence-corrected chi connectivity index (χ1v) is 5.56. The van der Waals surface area contributed by atoms with Crippen LogP contribution in [0.2, 0.25) is 0 Å². The van der Waals surface area contributed by atoms with Gasteiger partial charge in [0.15, 0.2) is 0 Å². The van der Waals surface area contributed by atoms with Crippen LogP contribution in [0.3, 0.4) is 0 Å². The molecule has 0 amide bonds. The van der Waals surface area contributed by atoms with Gasteiger partial charge in [0.05, 0.1) is 19.3 Å². The Balaban J connectivity index is 3.11. The van der Waals surface area contributed by atoms with E-state index in [-0.39, 0.29) is 19.3 Å². The van der Waals surface area contributed by atoms with Gasteiger partial charge in [-0.05, 0) is 49.9 Å². The van der Waals surface area contributed by atoms with Gasteiger partial charge in [-0.3, -0.25) is 0 Å². The molecule has 16 heavy (non-hydrogen) atoms. The molecule has 0 bridgehead atoms. The molecule has 0 fully saturated rings. The van der Waals surface area contributed by atoms with Crippen molar-refractivity contribution in [2.45, 2.75) is 33.7 Å². The molecule has 0 saturated heterocycles. The van der Waals surface area contributed by atoms with Crippen LogP contribution in [0.4, 0.5) is 5.69 Å². The number of aliphatic hydroxyl groups excluding tert-OH is 2. The molecule has 0 aliphatic rings. The summed E-state index contributed by atoms with van der Waals surface area (Å²) in [4.78, 5) is 0. The minimum Gasteiger partial charge on any atom is -0.394 e. The van der Waals surface area contributed by atoms with E-state index in [0.717, 1.165) is 5.69 Å². The summed E-state index contributed by atoms with van der Waals surface area (Å²) in [5.41, 5.74) is 5.83. The topological polar surface area (TPSA) is 52.5 Å². The second-order valence-corrected chi connectivity index (χ2v) is 4.34. The third kappa shape index (κ3) is 2.54. The molecular weight excluding hydrogens is 202 g/mol. The van der Waals surface area contributed by atoms with Gasteiger partial charge in [0.1, 0.15) is 0 Å². The van der Waals surface area contributed by atoms with E-state index in [4.69, 9.17) is 10.2 Å². The summed E-state index contributed by atoms with van der Waals surface area (Å²) in [6, 6.07) is 1.86. The summed E-state index contributed by atoms with van der Waals surface area (Å²) in [5, 5.41) is 21.4. The molecule has 3 N–H and O–H groups in total. The van der Waals surface area contributed by atoms with Crippen molar-refractivity contribution in [2.24, 2.45) is 0 Å². The number of rotatable bonds is 4. The highest BCUT2D eigenvalue weighted by atomic mass is 16.3. The van der Waals surface area contributed by atoms with Crippen LogP contribution >= 0.6 is 0 Å². The maximum atomic E-state index is 9.09. The van der Waals surface area contributed by atoms with Crippen LogP contribution < -0.4 is 5.32 Å². The lowest BCUT2D eigenvalue weighted by Gasteiger charge is -2.21. The molecule has 3 nitrogen and oxygen atoms in total. The largest absolute Gasteiger partial charge is 0.394 e. The SMILES string of the molecule is Cc1cc(C)c(C)c(NC(CO)CO)c1C. The lowest BCUT2D eigenvalue weighted by atomic mass is 9.98. The van der Waals surface area contributed by atoms with E-state index in [1.165, 1.54) is 22.3 Å². The normalized spacial score (nSPS) is 10.9. The van der Waals surface area contributed by atoms with Gasteiger partial charge < -0.3 is 15.5 Å². The van der Waals surface area contributed by atoms with E-state index in [0.29, 0.717) is 0 Å². The van der Waals surface area contributed by atoms with Crippen LogP contribution in [0.15, 0.2) is 6.07 Å². The van der Waals surface area contributed by atoms with E-state index >= 15 is 0 Å². The molecule has 0 saturated carbocycles. The van der Waals surface area contributed by atoms with Crippen molar-refractivity contribution in [3.05, 3.63) is 28.3 Å². The third-order valence-electron chi connectivity index (χ3n) is 3.16. The van der Waals surface area contributed by atoms with Crippen molar-refractivity contribution in [2.75, 3.05) is 18.5 Å². The number of anilines is 1. The zero-order valence-electron chi connectivity index (χ0n) is 10.5. The molecule has 0 aliphatic carbocycles. The van der Waals surface area contributed by atoms with Gasteiger partial charge in [0.2, 0.25) is 0 Å². The molecular formula is C13H21NO2. The molecule has 0 aliphatic heterocycles. The molecule has 0 heterocycles. The fourth-order valence-electron chi connectivity index (χ4n) is 1.79. The van der Waals surface area contributed by atoms with Gasteiger partial charge in [-0.25, -0.2) is 0 Å². The molecule has 1 rings (SSSR count). The quantitative estimate of drug-likeness (QED) is 0.728. The summed E-state index contributed by atoms with van der Waals surface area (Å²) >= 11 is 0. The van der Waals surface area contributed by atoms with Crippen LogP contribution in [0.1, 0.15) is 22.3 Å². The summed E-state index contributed by atoms with van der Waals surface area (Å²) in [6.07, 6.45) is 0. The lowest BCUT2D eigenvalue weighted by molar-refractivity contribution is 0.204. The number of hydrogen-bond acceptors (Lipinski definition) is 3. The Labute approximate surface area is 97.1 Å². The van der Waals surface area contributed by atoms with Crippen LogP contribution in [-0.4, -0.2) is 29.5 Å². The van der Waals surface area contributed by atoms with E-state index in [9.17, 15) is 0 Å². The fraction of sp³-hybridized carbons (Fsp3) is 0.538. The Morgan fingerprint density at radius 2 is 1.44 bits per heavy atom. The van der Waals surface area contributed by atoms with E-state index in [1.807, 2.05) is 0 Å². The third-order valence-corrected chi connectivity index (χ3v) is 3.16. The summed E-state index contributed by atoms with van der Waals surface area (Å²) in [7, 11) is 0. The Kier molecular flexibility index (Phi) is 4.33. The van der Waals surface area contributed by atoms with Gasteiger partial charge >= 0.3 is 0 Å². The zero-order chi connectivity index (χ0) is 12.3. The van der Waals surface area contributed by atoms with E-state index < -0.39 is 0 Å². The van der Waals surface area contributed by atoms with Gasteiger partial charge in [-0.1, -0.05) is 6.07 Å². The summed E-state index contributed by atoms with van der Waals surface area (Å²) in [6.45, 7) is 8.11. The first-order chi connectivity index (χ1) is 7.51. The van der Waals surface area contributed by atoms with Crippen LogP contribution in [0.5, 0.6) is 0 Å². The maximum absolute atomic E-state index is 9.09. The second-order valence-electron chi connectivity index (χ2n) is 4.34. The summed E-state index contributed by atoms with van der Waals surface area (Å²) in [5.74, 6) is 0. The van der Waals surface area contributed by atoms with Crippen LogP contribution in [0.25, 0.3) is 0 Å². The fourth-order valence-corrected chi connectivity index (χ4v) is 1.79. The molecule has 90 valence electrons. The van der Waals surface area contributed by atoms with Gasteiger partial charge in [-0.2, -0.15) is 0 Å². The number of hydrogen-bond donors (Lipinski definition) is 3. The van der Waals surface area contributed by atoms with Crippen molar-refractivity contribution in [1.82, 2.24) is 0 Å². The number of nitrogens with one attached hydrogen (secondary N) is 1. The molecule has 1 aromatic carbocycles. The van der Waals surface area contributed by atoms with Gasteiger partial charge in [-0.15, -0.1) is 0 Å². The molecule has 0 radical (unpaired) electrons. The summed E-state index contributed by atoms with van der Waals surface area (Å²) < 4.78 is 0.